The van der Waals surface area contributed by atoms with Crippen molar-refractivity contribution in [2.24, 2.45) is 0 Å². The molecule has 1 aliphatic rings. The first-order valence-electron chi connectivity index (χ1n) is 7.30. The maximum atomic E-state index is 11.7. The predicted octanol–water partition coefficient (Wildman–Crippen LogP) is 4.22. The molecular formula is C17H13ClN2O3S. The number of amides is 1. The smallest absolute Gasteiger partial charge is 0.339 e. The van der Waals surface area contributed by atoms with Crippen molar-refractivity contribution in [1.29, 1.82) is 5.26 Å². The molecule has 2 unspecified atom stereocenters. The van der Waals surface area contributed by atoms with Crippen LogP contribution in [0.5, 0.6) is 0 Å². The van der Waals surface area contributed by atoms with Gasteiger partial charge in [-0.05, 0) is 23.8 Å². The number of halogens is 1. The van der Waals surface area contributed by atoms with Crippen LogP contribution >= 0.6 is 22.9 Å². The molecular weight excluding hydrogens is 348 g/mol. The lowest BCUT2D eigenvalue weighted by molar-refractivity contribution is -0.115. The van der Waals surface area contributed by atoms with Crippen LogP contribution in [0.1, 0.15) is 46.2 Å². The number of aromatic carboxylic acids is 1. The standard InChI is InChI=1S/C17H13ClN2O3S/c18-15-13(11-8-10(11)9-4-2-1-3-5-9)14(17(22)23)16(24-15)20-12(21)6-7-19/h1-5,10-11H,6,8H2,(H,20,21)(H,22,23). The van der Waals surface area contributed by atoms with Gasteiger partial charge in [0.25, 0.3) is 0 Å². The first-order valence-corrected chi connectivity index (χ1v) is 8.49. The predicted molar refractivity (Wildman–Crippen MR) is 91.7 cm³/mol. The van der Waals surface area contributed by atoms with Gasteiger partial charge in [0.15, 0.2) is 0 Å². The van der Waals surface area contributed by atoms with Crippen molar-refractivity contribution in [3.63, 3.8) is 0 Å². The number of nitrogens with zero attached hydrogens (tertiary/aromatic N) is 1. The highest BCUT2D eigenvalue weighted by molar-refractivity contribution is 7.20. The van der Waals surface area contributed by atoms with Gasteiger partial charge in [-0.25, -0.2) is 4.79 Å². The Bertz CT molecular complexity index is 842. The number of hydrogen-bond donors (Lipinski definition) is 2. The molecule has 2 atom stereocenters. The zero-order valence-corrected chi connectivity index (χ0v) is 14.0. The van der Waals surface area contributed by atoms with Crippen LogP contribution in [-0.4, -0.2) is 17.0 Å². The van der Waals surface area contributed by atoms with E-state index in [1.165, 1.54) is 0 Å². The molecule has 3 rings (SSSR count). The minimum absolute atomic E-state index is 0.0314. The molecule has 1 saturated carbocycles. The second-order valence-corrected chi connectivity index (χ2v) is 7.16. The number of carbonyl (C=O) groups excluding carboxylic acids is 1. The number of hydrogen-bond acceptors (Lipinski definition) is 4. The van der Waals surface area contributed by atoms with E-state index < -0.39 is 11.9 Å². The first-order chi connectivity index (χ1) is 11.5. The van der Waals surface area contributed by atoms with Crippen molar-refractivity contribution in [3.05, 3.63) is 51.4 Å². The van der Waals surface area contributed by atoms with Gasteiger partial charge in [-0.15, -0.1) is 11.3 Å². The Morgan fingerprint density at radius 3 is 2.67 bits per heavy atom. The van der Waals surface area contributed by atoms with E-state index in [4.69, 9.17) is 16.9 Å². The first kappa shape index (κ1) is 16.5. The van der Waals surface area contributed by atoms with E-state index >= 15 is 0 Å². The molecule has 1 aliphatic carbocycles. The fraction of sp³-hybridized carbons (Fsp3) is 0.235. The number of nitrogens with one attached hydrogen (secondary N) is 1. The second-order valence-electron chi connectivity index (χ2n) is 5.54. The zero-order valence-electron chi connectivity index (χ0n) is 12.5. The summed E-state index contributed by atoms with van der Waals surface area (Å²) in [4.78, 5) is 23.3. The van der Waals surface area contributed by atoms with Crippen LogP contribution < -0.4 is 5.32 Å². The highest BCUT2D eigenvalue weighted by Crippen LogP contribution is 2.59. The fourth-order valence-corrected chi connectivity index (χ4v) is 4.35. The number of carboxylic acid groups (broad SMARTS) is 1. The number of rotatable bonds is 5. The van der Waals surface area contributed by atoms with Gasteiger partial charge in [0, 0.05) is 5.56 Å². The molecule has 1 heterocycles. The summed E-state index contributed by atoms with van der Waals surface area (Å²) in [5, 5.41) is 20.8. The number of thiophene rings is 1. The molecule has 1 aromatic carbocycles. The summed E-state index contributed by atoms with van der Waals surface area (Å²) in [6, 6.07) is 11.6. The van der Waals surface area contributed by atoms with Crippen LogP contribution in [0.2, 0.25) is 4.34 Å². The quantitative estimate of drug-likeness (QED) is 0.835. The lowest BCUT2D eigenvalue weighted by Gasteiger charge is -2.04. The molecule has 24 heavy (non-hydrogen) atoms. The summed E-state index contributed by atoms with van der Waals surface area (Å²) in [5.74, 6) is -1.40. The molecule has 2 aromatic rings. The average Bonchev–Trinajstić information content (AvgIpc) is 3.26. The summed E-state index contributed by atoms with van der Waals surface area (Å²) in [6.45, 7) is 0. The topological polar surface area (TPSA) is 90.2 Å². The Balaban J connectivity index is 1.92. The molecule has 7 heteroatoms. The Labute approximate surface area is 147 Å². The van der Waals surface area contributed by atoms with Crippen LogP contribution in [0, 0.1) is 11.3 Å². The lowest BCUT2D eigenvalue weighted by atomic mass is 10.0. The molecule has 0 aliphatic heterocycles. The van der Waals surface area contributed by atoms with E-state index in [1.54, 1.807) is 6.07 Å². The van der Waals surface area contributed by atoms with Gasteiger partial charge in [0.1, 0.15) is 11.4 Å². The molecule has 0 spiro atoms. The SMILES string of the molecule is N#CCC(=O)Nc1sc(Cl)c(C2CC2c2ccccc2)c1C(=O)O. The summed E-state index contributed by atoms with van der Waals surface area (Å²) in [5.41, 5.74) is 1.77. The summed E-state index contributed by atoms with van der Waals surface area (Å²) in [7, 11) is 0. The third kappa shape index (κ3) is 3.14. The molecule has 0 radical (unpaired) electrons. The summed E-state index contributed by atoms with van der Waals surface area (Å²) < 4.78 is 0.378. The Hall–Kier alpha value is -2.36. The molecule has 1 aromatic heterocycles. The Morgan fingerprint density at radius 1 is 1.33 bits per heavy atom. The van der Waals surface area contributed by atoms with Crippen molar-refractivity contribution >= 4 is 39.8 Å². The van der Waals surface area contributed by atoms with Crippen LogP contribution in [0.25, 0.3) is 0 Å². The van der Waals surface area contributed by atoms with Crippen LogP contribution in [-0.2, 0) is 4.79 Å². The van der Waals surface area contributed by atoms with Gasteiger partial charge >= 0.3 is 5.97 Å². The Morgan fingerprint density at radius 2 is 2.04 bits per heavy atom. The molecule has 1 amide bonds. The van der Waals surface area contributed by atoms with E-state index in [9.17, 15) is 14.7 Å². The van der Waals surface area contributed by atoms with Crippen molar-refractivity contribution < 1.29 is 14.7 Å². The molecule has 1 fully saturated rings. The number of benzene rings is 1. The van der Waals surface area contributed by atoms with Crippen LogP contribution in [0.3, 0.4) is 0 Å². The van der Waals surface area contributed by atoms with Gasteiger partial charge in [0.05, 0.1) is 16.0 Å². The van der Waals surface area contributed by atoms with Crippen molar-refractivity contribution in [3.8, 4) is 6.07 Å². The number of carbonyl (C=O) groups is 2. The van der Waals surface area contributed by atoms with Crippen molar-refractivity contribution in [1.82, 2.24) is 0 Å². The normalized spacial score (nSPS) is 18.7. The van der Waals surface area contributed by atoms with Gasteiger partial charge in [-0.1, -0.05) is 41.9 Å². The number of nitriles is 1. The summed E-state index contributed by atoms with van der Waals surface area (Å²) >= 11 is 7.31. The maximum absolute atomic E-state index is 11.7. The zero-order chi connectivity index (χ0) is 17.3. The van der Waals surface area contributed by atoms with E-state index in [2.05, 4.69) is 5.32 Å². The molecule has 0 bridgehead atoms. The van der Waals surface area contributed by atoms with Gasteiger partial charge in [-0.3, -0.25) is 4.79 Å². The average molecular weight is 361 g/mol. The highest BCUT2D eigenvalue weighted by atomic mass is 35.5. The van der Waals surface area contributed by atoms with E-state index in [0.717, 1.165) is 23.3 Å². The fourth-order valence-electron chi connectivity index (χ4n) is 2.87. The number of anilines is 1. The largest absolute Gasteiger partial charge is 0.478 e. The highest BCUT2D eigenvalue weighted by Gasteiger charge is 2.44. The molecule has 0 saturated heterocycles. The minimum atomic E-state index is -1.13. The van der Waals surface area contributed by atoms with Gasteiger partial charge in [-0.2, -0.15) is 5.26 Å². The molecule has 2 N–H and O–H groups in total. The maximum Gasteiger partial charge on any atom is 0.339 e. The third-order valence-corrected chi connectivity index (χ3v) is 5.34. The number of carboxylic acids is 1. The third-order valence-electron chi connectivity index (χ3n) is 4.00. The monoisotopic (exact) mass is 360 g/mol. The van der Waals surface area contributed by atoms with E-state index in [-0.39, 0.29) is 28.8 Å². The lowest BCUT2D eigenvalue weighted by Crippen LogP contribution is -2.12. The molecule has 5 nitrogen and oxygen atoms in total. The Kier molecular flexibility index (Phi) is 4.56. The summed E-state index contributed by atoms with van der Waals surface area (Å²) in [6.07, 6.45) is 0.492. The van der Waals surface area contributed by atoms with Crippen molar-refractivity contribution in [2.75, 3.05) is 5.32 Å². The van der Waals surface area contributed by atoms with E-state index in [0.29, 0.717) is 9.90 Å². The molecule has 122 valence electrons. The van der Waals surface area contributed by atoms with Gasteiger partial charge < -0.3 is 10.4 Å². The minimum Gasteiger partial charge on any atom is -0.478 e. The van der Waals surface area contributed by atoms with Crippen LogP contribution in [0.4, 0.5) is 5.00 Å². The van der Waals surface area contributed by atoms with Crippen molar-refractivity contribution in [2.45, 2.75) is 24.7 Å². The van der Waals surface area contributed by atoms with Crippen LogP contribution in [0.15, 0.2) is 30.3 Å². The van der Waals surface area contributed by atoms with E-state index in [1.807, 2.05) is 30.3 Å². The van der Waals surface area contributed by atoms with Gasteiger partial charge in [0.2, 0.25) is 5.91 Å². The second kappa shape index (κ2) is 6.63.